The van der Waals surface area contributed by atoms with Crippen LogP contribution in [0.2, 0.25) is 0 Å². The van der Waals surface area contributed by atoms with E-state index in [2.05, 4.69) is 10.6 Å². The highest BCUT2D eigenvalue weighted by Crippen LogP contribution is 2.17. The third-order valence-corrected chi connectivity index (χ3v) is 3.50. The maximum Gasteiger partial charge on any atom is 0.314 e. The molecule has 1 aromatic rings. The molecule has 1 saturated heterocycles. The van der Waals surface area contributed by atoms with Gasteiger partial charge in [-0.1, -0.05) is 30.3 Å². The smallest absolute Gasteiger partial charge is 0.314 e. The number of hydrogen-bond donors (Lipinski definition) is 2. The molecule has 0 aromatic heterocycles. The number of nitrogens with one attached hydrogen (secondary N) is 2. The SMILES string of the molecule is COC(=O)C(CNC1CCC(=O)NC1=O)c1ccccc1. The normalized spacial score (nSPS) is 19.8. The van der Waals surface area contributed by atoms with Crippen LogP contribution >= 0.6 is 0 Å². The molecule has 2 atom stereocenters. The van der Waals surface area contributed by atoms with Crippen LogP contribution in [0.15, 0.2) is 30.3 Å². The number of ether oxygens (including phenoxy) is 1. The minimum atomic E-state index is -0.485. The van der Waals surface area contributed by atoms with Crippen molar-refractivity contribution in [1.29, 1.82) is 0 Å². The lowest BCUT2D eigenvalue weighted by Gasteiger charge is -2.24. The van der Waals surface area contributed by atoms with E-state index in [1.807, 2.05) is 30.3 Å². The highest BCUT2D eigenvalue weighted by molar-refractivity contribution is 6.00. The number of carbonyl (C=O) groups is 3. The molecule has 1 heterocycles. The van der Waals surface area contributed by atoms with Crippen LogP contribution in [0.3, 0.4) is 0 Å². The van der Waals surface area contributed by atoms with Gasteiger partial charge in [-0.2, -0.15) is 0 Å². The van der Waals surface area contributed by atoms with Gasteiger partial charge in [0, 0.05) is 13.0 Å². The first kappa shape index (κ1) is 15.2. The van der Waals surface area contributed by atoms with E-state index in [0.717, 1.165) is 5.56 Å². The molecule has 2 rings (SSSR count). The molecule has 2 N–H and O–H groups in total. The molecule has 6 heteroatoms. The monoisotopic (exact) mass is 290 g/mol. The second kappa shape index (κ2) is 6.99. The Morgan fingerprint density at radius 2 is 2.10 bits per heavy atom. The van der Waals surface area contributed by atoms with Crippen LogP contribution in [-0.4, -0.2) is 37.5 Å². The van der Waals surface area contributed by atoms with E-state index in [4.69, 9.17) is 4.74 Å². The van der Waals surface area contributed by atoms with Crippen LogP contribution in [0.1, 0.15) is 24.3 Å². The third kappa shape index (κ3) is 3.88. The van der Waals surface area contributed by atoms with Crippen molar-refractivity contribution in [2.75, 3.05) is 13.7 Å². The average molecular weight is 290 g/mol. The third-order valence-electron chi connectivity index (χ3n) is 3.50. The van der Waals surface area contributed by atoms with Crippen molar-refractivity contribution in [3.63, 3.8) is 0 Å². The molecule has 1 fully saturated rings. The largest absolute Gasteiger partial charge is 0.469 e. The van der Waals surface area contributed by atoms with Crippen molar-refractivity contribution in [3.8, 4) is 0 Å². The summed E-state index contributed by atoms with van der Waals surface area (Å²) in [6, 6.07) is 8.78. The molecule has 6 nitrogen and oxygen atoms in total. The molecule has 1 aromatic carbocycles. The first-order valence-electron chi connectivity index (χ1n) is 6.81. The summed E-state index contributed by atoms with van der Waals surface area (Å²) in [6.45, 7) is 0.281. The standard InChI is InChI=1S/C15H18N2O4/c1-21-15(20)11(10-5-3-2-4-6-10)9-16-12-7-8-13(18)17-14(12)19/h2-6,11-12,16H,7-9H2,1H3,(H,17,18,19). The Labute approximate surface area is 122 Å². The molecule has 0 bridgehead atoms. The van der Waals surface area contributed by atoms with Gasteiger partial charge in [-0.05, 0) is 12.0 Å². The molecular formula is C15H18N2O4. The van der Waals surface area contributed by atoms with E-state index < -0.39 is 12.0 Å². The highest BCUT2D eigenvalue weighted by atomic mass is 16.5. The predicted octanol–water partition coefficient (Wildman–Crippen LogP) is 0.338. The van der Waals surface area contributed by atoms with Gasteiger partial charge in [0.1, 0.15) is 0 Å². The molecule has 112 valence electrons. The molecule has 1 aliphatic heterocycles. The summed E-state index contributed by atoms with van der Waals surface area (Å²) in [5.41, 5.74) is 0.823. The molecule has 21 heavy (non-hydrogen) atoms. The molecule has 0 aliphatic carbocycles. The zero-order valence-corrected chi connectivity index (χ0v) is 11.8. The van der Waals surface area contributed by atoms with Crippen molar-refractivity contribution in [2.24, 2.45) is 0 Å². The first-order valence-corrected chi connectivity index (χ1v) is 6.81. The topological polar surface area (TPSA) is 84.5 Å². The van der Waals surface area contributed by atoms with Crippen LogP contribution in [0.4, 0.5) is 0 Å². The van der Waals surface area contributed by atoms with Gasteiger partial charge in [-0.3, -0.25) is 19.7 Å². The number of amides is 2. The number of esters is 1. The lowest BCUT2D eigenvalue weighted by Crippen LogP contribution is -2.51. The van der Waals surface area contributed by atoms with Gasteiger partial charge in [-0.25, -0.2) is 0 Å². The highest BCUT2D eigenvalue weighted by Gasteiger charge is 2.28. The van der Waals surface area contributed by atoms with E-state index in [1.165, 1.54) is 7.11 Å². The summed E-state index contributed by atoms with van der Waals surface area (Å²) in [6.07, 6.45) is 0.741. The van der Waals surface area contributed by atoms with Gasteiger partial charge in [0.05, 0.1) is 19.1 Å². The minimum Gasteiger partial charge on any atom is -0.469 e. The summed E-state index contributed by atoms with van der Waals surface area (Å²) in [4.78, 5) is 34.7. The number of carbonyl (C=O) groups excluding carboxylic acids is 3. The number of hydrogen-bond acceptors (Lipinski definition) is 5. The average Bonchev–Trinajstić information content (AvgIpc) is 2.50. The molecule has 2 amide bonds. The molecule has 0 saturated carbocycles. The Balaban J connectivity index is 2.01. The fraction of sp³-hybridized carbons (Fsp3) is 0.400. The fourth-order valence-corrected chi connectivity index (χ4v) is 2.31. The van der Waals surface area contributed by atoms with E-state index in [1.54, 1.807) is 0 Å². The number of rotatable bonds is 5. The Kier molecular flexibility index (Phi) is 5.05. The summed E-state index contributed by atoms with van der Waals surface area (Å²) in [7, 11) is 1.34. The number of methoxy groups -OCH3 is 1. The summed E-state index contributed by atoms with van der Waals surface area (Å²) in [5, 5.41) is 5.32. The Bertz CT molecular complexity index is 530. The molecular weight excluding hydrogens is 272 g/mol. The van der Waals surface area contributed by atoms with Crippen molar-refractivity contribution in [3.05, 3.63) is 35.9 Å². The van der Waals surface area contributed by atoms with E-state index in [-0.39, 0.29) is 24.3 Å². The van der Waals surface area contributed by atoms with Crippen LogP contribution in [-0.2, 0) is 19.1 Å². The van der Waals surface area contributed by atoms with Crippen molar-refractivity contribution in [1.82, 2.24) is 10.6 Å². The van der Waals surface area contributed by atoms with Crippen LogP contribution < -0.4 is 10.6 Å². The second-order valence-corrected chi connectivity index (χ2v) is 4.90. The van der Waals surface area contributed by atoms with E-state index in [0.29, 0.717) is 12.8 Å². The second-order valence-electron chi connectivity index (χ2n) is 4.90. The first-order chi connectivity index (χ1) is 10.1. The van der Waals surface area contributed by atoms with Crippen LogP contribution in [0.5, 0.6) is 0 Å². The lowest BCUT2D eigenvalue weighted by atomic mass is 9.98. The van der Waals surface area contributed by atoms with Crippen molar-refractivity contribution < 1.29 is 19.1 Å². The van der Waals surface area contributed by atoms with Gasteiger partial charge < -0.3 is 10.1 Å². The Hall–Kier alpha value is -2.21. The zero-order valence-electron chi connectivity index (χ0n) is 11.8. The van der Waals surface area contributed by atoms with Gasteiger partial charge in [0.25, 0.3) is 0 Å². The van der Waals surface area contributed by atoms with Gasteiger partial charge in [0.2, 0.25) is 11.8 Å². The molecule has 2 unspecified atom stereocenters. The predicted molar refractivity (Wildman–Crippen MR) is 75.4 cm³/mol. The van der Waals surface area contributed by atoms with E-state index in [9.17, 15) is 14.4 Å². The van der Waals surface area contributed by atoms with E-state index >= 15 is 0 Å². The Morgan fingerprint density at radius 3 is 2.71 bits per heavy atom. The van der Waals surface area contributed by atoms with Gasteiger partial charge in [-0.15, -0.1) is 0 Å². The van der Waals surface area contributed by atoms with Crippen molar-refractivity contribution >= 4 is 17.8 Å². The molecule has 0 spiro atoms. The Morgan fingerprint density at radius 1 is 1.38 bits per heavy atom. The molecule has 1 aliphatic rings. The minimum absolute atomic E-state index is 0.259. The fourth-order valence-electron chi connectivity index (χ4n) is 2.31. The van der Waals surface area contributed by atoms with Crippen LogP contribution in [0, 0.1) is 0 Å². The van der Waals surface area contributed by atoms with Crippen molar-refractivity contribution in [2.45, 2.75) is 24.8 Å². The number of piperidine rings is 1. The maximum atomic E-state index is 11.9. The zero-order chi connectivity index (χ0) is 15.2. The maximum absolute atomic E-state index is 11.9. The lowest BCUT2D eigenvalue weighted by molar-refractivity contribution is -0.143. The summed E-state index contributed by atoms with van der Waals surface area (Å²) < 4.78 is 4.82. The summed E-state index contributed by atoms with van der Waals surface area (Å²) >= 11 is 0. The summed E-state index contributed by atoms with van der Waals surface area (Å²) in [5.74, 6) is -1.45. The number of benzene rings is 1. The van der Waals surface area contributed by atoms with Gasteiger partial charge in [0.15, 0.2) is 0 Å². The quantitative estimate of drug-likeness (QED) is 0.603. The number of imide groups is 1. The van der Waals surface area contributed by atoms with Crippen LogP contribution in [0.25, 0.3) is 0 Å². The molecule has 0 radical (unpaired) electrons. The van der Waals surface area contributed by atoms with Gasteiger partial charge >= 0.3 is 5.97 Å².